The molecular formula is C19H24N6. The third-order valence-electron chi connectivity index (χ3n) is 5.04. The van der Waals surface area contributed by atoms with Gasteiger partial charge in [-0.2, -0.15) is 5.10 Å². The molecule has 0 aliphatic carbocycles. The third-order valence-corrected chi connectivity index (χ3v) is 5.04. The van der Waals surface area contributed by atoms with E-state index in [1.165, 1.54) is 18.4 Å². The highest BCUT2D eigenvalue weighted by atomic mass is 15.3. The number of anilines is 1. The second kappa shape index (κ2) is 6.80. The summed E-state index contributed by atoms with van der Waals surface area (Å²) in [4.78, 5) is 9.54. The van der Waals surface area contributed by atoms with Crippen LogP contribution in [0.25, 0.3) is 11.0 Å². The summed E-state index contributed by atoms with van der Waals surface area (Å²) >= 11 is 0. The summed E-state index contributed by atoms with van der Waals surface area (Å²) < 4.78 is 2.20. The molecule has 130 valence electrons. The number of fused-ring (bicyclic) bond motifs is 1. The van der Waals surface area contributed by atoms with E-state index in [-0.39, 0.29) is 0 Å². The van der Waals surface area contributed by atoms with Gasteiger partial charge in [0.15, 0.2) is 5.82 Å². The molecule has 1 aliphatic rings. The molecule has 1 atom stereocenters. The maximum atomic E-state index is 4.79. The smallest absolute Gasteiger partial charge is 0.151 e. The van der Waals surface area contributed by atoms with Crippen molar-refractivity contribution in [2.24, 2.45) is 7.05 Å². The largest absolute Gasteiger partial charge is 0.351 e. The molecule has 1 aliphatic heterocycles. The highest BCUT2D eigenvalue weighted by Gasteiger charge is 2.27. The minimum atomic E-state index is 0.483. The van der Waals surface area contributed by atoms with Gasteiger partial charge < -0.3 is 9.47 Å². The Morgan fingerprint density at radius 2 is 2.08 bits per heavy atom. The molecule has 0 amide bonds. The summed E-state index contributed by atoms with van der Waals surface area (Å²) in [6, 6.07) is 12.8. The van der Waals surface area contributed by atoms with Gasteiger partial charge in [-0.1, -0.05) is 12.1 Å². The van der Waals surface area contributed by atoms with Gasteiger partial charge in [-0.25, -0.2) is 4.98 Å². The number of hydrogen-bond acceptors (Lipinski definition) is 5. The summed E-state index contributed by atoms with van der Waals surface area (Å²) in [6.07, 6.45) is 4.14. The number of aryl methyl sites for hydroxylation is 1. The summed E-state index contributed by atoms with van der Waals surface area (Å²) in [5.41, 5.74) is 2.25. The van der Waals surface area contributed by atoms with Crippen molar-refractivity contribution in [3.63, 3.8) is 0 Å². The number of rotatable bonds is 5. The summed E-state index contributed by atoms with van der Waals surface area (Å²) in [5.74, 6) is 2.09. The Morgan fingerprint density at radius 1 is 1.20 bits per heavy atom. The molecule has 3 aromatic rings. The monoisotopic (exact) mass is 336 g/mol. The third kappa shape index (κ3) is 3.22. The fourth-order valence-corrected chi connectivity index (χ4v) is 3.78. The van der Waals surface area contributed by atoms with Gasteiger partial charge in [0.05, 0.1) is 17.6 Å². The maximum Gasteiger partial charge on any atom is 0.151 e. The average Bonchev–Trinajstić information content (AvgIpc) is 3.21. The molecule has 4 rings (SSSR count). The molecule has 1 saturated heterocycles. The second-order valence-electron chi connectivity index (χ2n) is 6.84. The van der Waals surface area contributed by atoms with Crippen LogP contribution in [0, 0.1) is 0 Å². The predicted molar refractivity (Wildman–Crippen MR) is 99.4 cm³/mol. The number of nitrogens with zero attached hydrogens (tertiary/aromatic N) is 6. The van der Waals surface area contributed by atoms with Crippen LogP contribution in [0.15, 0.2) is 42.6 Å². The van der Waals surface area contributed by atoms with Crippen molar-refractivity contribution in [1.29, 1.82) is 0 Å². The van der Waals surface area contributed by atoms with Crippen molar-refractivity contribution in [1.82, 2.24) is 24.6 Å². The van der Waals surface area contributed by atoms with Crippen LogP contribution >= 0.6 is 0 Å². The standard InChI is InChI=1S/C19H24N6/c1-23(14-19-21-16-8-3-4-9-17(16)24(19)2)13-15-7-6-12-25(15)18-10-5-11-20-22-18/h3-5,8-11,15H,6-7,12-14H2,1-2H3/t15-/m1/s1. The minimum Gasteiger partial charge on any atom is -0.351 e. The van der Waals surface area contributed by atoms with Gasteiger partial charge in [0, 0.05) is 32.4 Å². The number of para-hydroxylation sites is 2. The van der Waals surface area contributed by atoms with E-state index in [1.807, 2.05) is 12.1 Å². The molecule has 6 nitrogen and oxygen atoms in total. The SMILES string of the molecule is CN(Cc1nc2ccccc2n1C)C[C@H]1CCCN1c1cccnn1. The van der Waals surface area contributed by atoms with Crippen molar-refractivity contribution in [3.8, 4) is 0 Å². The van der Waals surface area contributed by atoms with Crippen LogP contribution in [0.3, 0.4) is 0 Å². The Kier molecular flexibility index (Phi) is 4.36. The fraction of sp³-hybridized carbons (Fsp3) is 0.421. The topological polar surface area (TPSA) is 50.1 Å². The van der Waals surface area contributed by atoms with Crippen LogP contribution in [0.1, 0.15) is 18.7 Å². The first-order valence-corrected chi connectivity index (χ1v) is 8.85. The van der Waals surface area contributed by atoms with E-state index in [4.69, 9.17) is 4.98 Å². The number of imidazole rings is 1. The van der Waals surface area contributed by atoms with Crippen LogP contribution < -0.4 is 4.90 Å². The lowest BCUT2D eigenvalue weighted by atomic mass is 10.2. The van der Waals surface area contributed by atoms with E-state index in [9.17, 15) is 0 Å². The van der Waals surface area contributed by atoms with Crippen molar-refractivity contribution in [2.45, 2.75) is 25.4 Å². The quantitative estimate of drug-likeness (QED) is 0.716. The number of hydrogen-bond donors (Lipinski definition) is 0. The molecule has 2 aromatic heterocycles. The lowest BCUT2D eigenvalue weighted by Crippen LogP contribution is -2.39. The zero-order valence-corrected chi connectivity index (χ0v) is 14.8. The summed E-state index contributed by atoms with van der Waals surface area (Å²) in [6.45, 7) is 2.90. The van der Waals surface area contributed by atoms with Crippen molar-refractivity contribution in [2.75, 3.05) is 25.0 Å². The van der Waals surface area contributed by atoms with Crippen LogP contribution in [-0.4, -0.2) is 50.8 Å². The average molecular weight is 336 g/mol. The van der Waals surface area contributed by atoms with Gasteiger partial charge in [-0.15, -0.1) is 5.10 Å². The molecule has 0 bridgehead atoms. The molecule has 0 radical (unpaired) electrons. The predicted octanol–water partition coefficient (Wildman–Crippen LogP) is 2.46. The highest BCUT2D eigenvalue weighted by molar-refractivity contribution is 5.75. The Hall–Kier alpha value is -2.47. The number of benzene rings is 1. The number of aromatic nitrogens is 4. The second-order valence-corrected chi connectivity index (χ2v) is 6.84. The highest BCUT2D eigenvalue weighted by Crippen LogP contribution is 2.24. The molecule has 0 unspecified atom stereocenters. The number of likely N-dealkylation sites (N-methyl/N-ethyl adjacent to an activating group) is 1. The lowest BCUT2D eigenvalue weighted by molar-refractivity contribution is 0.293. The van der Waals surface area contributed by atoms with E-state index in [2.05, 4.69) is 62.9 Å². The first-order valence-electron chi connectivity index (χ1n) is 8.85. The van der Waals surface area contributed by atoms with Crippen molar-refractivity contribution < 1.29 is 0 Å². The van der Waals surface area contributed by atoms with Crippen LogP contribution in [-0.2, 0) is 13.6 Å². The van der Waals surface area contributed by atoms with Crippen LogP contribution in [0.4, 0.5) is 5.82 Å². The molecular weight excluding hydrogens is 312 g/mol. The maximum absolute atomic E-state index is 4.79. The molecule has 0 spiro atoms. The molecule has 0 saturated carbocycles. The minimum absolute atomic E-state index is 0.483. The zero-order chi connectivity index (χ0) is 17.2. The van der Waals surface area contributed by atoms with Gasteiger partial charge in [0.1, 0.15) is 5.82 Å². The summed E-state index contributed by atoms with van der Waals surface area (Å²) in [7, 11) is 4.27. The van der Waals surface area contributed by atoms with Gasteiger partial charge in [-0.3, -0.25) is 4.90 Å². The molecule has 25 heavy (non-hydrogen) atoms. The molecule has 1 fully saturated rings. The van der Waals surface area contributed by atoms with Gasteiger partial charge in [0.2, 0.25) is 0 Å². The van der Waals surface area contributed by atoms with E-state index < -0.39 is 0 Å². The van der Waals surface area contributed by atoms with E-state index >= 15 is 0 Å². The van der Waals surface area contributed by atoms with Crippen molar-refractivity contribution in [3.05, 3.63) is 48.4 Å². The first kappa shape index (κ1) is 16.0. The zero-order valence-electron chi connectivity index (χ0n) is 14.8. The molecule has 3 heterocycles. The normalized spacial score (nSPS) is 17.7. The van der Waals surface area contributed by atoms with Crippen LogP contribution in [0.2, 0.25) is 0 Å². The fourth-order valence-electron chi connectivity index (χ4n) is 3.78. The van der Waals surface area contributed by atoms with Crippen molar-refractivity contribution >= 4 is 16.9 Å². The molecule has 0 N–H and O–H groups in total. The molecule has 1 aromatic carbocycles. The first-order chi connectivity index (χ1) is 12.2. The Labute approximate surface area is 148 Å². The Morgan fingerprint density at radius 3 is 2.88 bits per heavy atom. The Bertz CT molecular complexity index is 844. The van der Waals surface area contributed by atoms with Gasteiger partial charge in [-0.05, 0) is 44.2 Å². The lowest BCUT2D eigenvalue weighted by Gasteiger charge is -2.29. The Balaban J connectivity index is 1.46. The summed E-state index contributed by atoms with van der Waals surface area (Å²) in [5, 5.41) is 8.31. The van der Waals surface area contributed by atoms with Gasteiger partial charge in [0.25, 0.3) is 0 Å². The molecule has 6 heteroatoms. The van der Waals surface area contributed by atoms with E-state index in [1.54, 1.807) is 6.20 Å². The van der Waals surface area contributed by atoms with Crippen LogP contribution in [0.5, 0.6) is 0 Å². The van der Waals surface area contributed by atoms with Gasteiger partial charge >= 0.3 is 0 Å². The van der Waals surface area contributed by atoms with E-state index in [0.29, 0.717) is 6.04 Å². The van der Waals surface area contributed by atoms with E-state index in [0.717, 1.165) is 36.8 Å².